The maximum absolute atomic E-state index is 12.9. The zero-order chi connectivity index (χ0) is 20.1. The van der Waals surface area contributed by atoms with Gasteiger partial charge < -0.3 is 19.9 Å². The average Bonchev–Trinajstić information content (AvgIpc) is 3.46. The Hall–Kier alpha value is -2.67. The van der Waals surface area contributed by atoms with Crippen LogP contribution in [-0.4, -0.2) is 41.3 Å². The van der Waals surface area contributed by atoms with Gasteiger partial charge in [0.05, 0.1) is 12.0 Å². The quantitative estimate of drug-likeness (QED) is 0.632. The Morgan fingerprint density at radius 1 is 1.31 bits per heavy atom. The Labute approximate surface area is 169 Å². The molecular formula is C22H26N4O3. The molecule has 5 rings (SSSR count). The zero-order valence-electron chi connectivity index (χ0n) is 16.6. The first kappa shape index (κ1) is 18.4. The fraction of sp³-hybridized carbons (Fsp3) is 0.500. The minimum absolute atomic E-state index is 0.0880. The lowest BCUT2D eigenvalue weighted by Crippen LogP contribution is -2.35. The first-order valence-electron chi connectivity index (χ1n) is 10.5. The number of hydrogen-bond acceptors (Lipinski definition) is 6. The predicted octanol–water partition coefficient (Wildman–Crippen LogP) is 2.25. The number of carbonyl (C=O) groups excluding carboxylic acids is 1. The van der Waals surface area contributed by atoms with Gasteiger partial charge >= 0.3 is 5.97 Å². The van der Waals surface area contributed by atoms with Gasteiger partial charge in [-0.15, -0.1) is 0 Å². The Bertz CT molecular complexity index is 1060. The molecule has 29 heavy (non-hydrogen) atoms. The first-order chi connectivity index (χ1) is 14.1. The van der Waals surface area contributed by atoms with Gasteiger partial charge in [-0.25, -0.2) is 9.78 Å². The van der Waals surface area contributed by atoms with Crippen molar-refractivity contribution in [3.8, 4) is 0 Å². The van der Waals surface area contributed by atoms with E-state index in [1.54, 1.807) is 13.1 Å². The summed E-state index contributed by atoms with van der Waals surface area (Å²) >= 11 is 0. The summed E-state index contributed by atoms with van der Waals surface area (Å²) in [7, 11) is 0. The topological polar surface area (TPSA) is 90.5 Å². The monoisotopic (exact) mass is 394 g/mol. The van der Waals surface area contributed by atoms with Gasteiger partial charge in [-0.2, -0.15) is 0 Å². The molecule has 1 aliphatic heterocycles. The van der Waals surface area contributed by atoms with E-state index < -0.39 is 5.97 Å². The molecule has 2 aromatic heterocycles. The minimum Gasteiger partial charge on any atom is -0.462 e. The Morgan fingerprint density at radius 3 is 2.86 bits per heavy atom. The van der Waals surface area contributed by atoms with Gasteiger partial charge in [0.15, 0.2) is 0 Å². The molecule has 152 valence electrons. The van der Waals surface area contributed by atoms with Crippen LogP contribution in [0.15, 0.2) is 35.3 Å². The first-order valence-corrected chi connectivity index (χ1v) is 10.5. The molecule has 0 spiro atoms. The van der Waals surface area contributed by atoms with Crippen LogP contribution in [-0.2, 0) is 4.74 Å². The number of fused-ring (bicyclic) bond motifs is 2. The maximum atomic E-state index is 12.9. The lowest BCUT2D eigenvalue weighted by Gasteiger charge is -2.25. The average molecular weight is 394 g/mol. The van der Waals surface area contributed by atoms with Gasteiger partial charge in [-0.05, 0) is 50.2 Å². The van der Waals surface area contributed by atoms with Gasteiger partial charge in [-0.3, -0.25) is 4.79 Å². The smallest absolute Gasteiger partial charge is 0.343 e. The van der Waals surface area contributed by atoms with Crippen LogP contribution >= 0.6 is 0 Å². The van der Waals surface area contributed by atoms with Crippen LogP contribution in [0.4, 0.5) is 5.82 Å². The largest absolute Gasteiger partial charge is 0.462 e. The van der Waals surface area contributed by atoms with Crippen molar-refractivity contribution in [1.82, 2.24) is 9.55 Å². The number of ether oxygens (including phenoxy) is 1. The number of carbonyl (C=O) groups is 1. The fourth-order valence-electron chi connectivity index (χ4n) is 4.70. The summed E-state index contributed by atoms with van der Waals surface area (Å²) in [6.45, 7) is 3.78. The van der Waals surface area contributed by atoms with E-state index in [-0.39, 0.29) is 29.7 Å². The highest BCUT2D eigenvalue weighted by Gasteiger charge is 2.37. The summed E-state index contributed by atoms with van der Waals surface area (Å²) < 4.78 is 7.07. The second kappa shape index (κ2) is 6.99. The van der Waals surface area contributed by atoms with Crippen molar-refractivity contribution in [2.45, 2.75) is 38.3 Å². The highest BCUT2D eigenvalue weighted by molar-refractivity contribution is 5.93. The van der Waals surface area contributed by atoms with Crippen LogP contribution in [0.2, 0.25) is 0 Å². The molecule has 0 bridgehead atoms. The Morgan fingerprint density at radius 2 is 2.14 bits per heavy atom. The molecule has 0 amide bonds. The molecule has 2 aromatic rings. The number of hydrogen-bond donors (Lipinski definition) is 1. The van der Waals surface area contributed by atoms with Crippen LogP contribution in [0.1, 0.15) is 42.6 Å². The number of nitrogens with two attached hydrogens (primary N) is 1. The second-order valence-electron chi connectivity index (χ2n) is 8.34. The second-order valence-corrected chi connectivity index (χ2v) is 8.34. The molecule has 1 saturated carbocycles. The number of pyridine rings is 2. The molecule has 2 aliphatic carbocycles. The number of esters is 1. The Balaban J connectivity index is 1.55. The van der Waals surface area contributed by atoms with E-state index in [2.05, 4.69) is 17.1 Å². The highest BCUT2D eigenvalue weighted by atomic mass is 16.5. The normalized spacial score (nSPS) is 26.0. The van der Waals surface area contributed by atoms with E-state index in [1.165, 1.54) is 0 Å². The van der Waals surface area contributed by atoms with E-state index >= 15 is 0 Å². The molecule has 2 fully saturated rings. The van der Waals surface area contributed by atoms with Crippen LogP contribution in [0.5, 0.6) is 0 Å². The standard InChI is InChI=1S/C22H26N4O3/c1-2-29-22(28)17-12-26(14-6-7-14)21-15(20(17)27)8-9-19(24-21)25-10-13-4-3-5-18(23)16(13)11-25/h3,5,8-9,12-14,16,18H,2,4,6-7,10-11,23H2,1H3. The van der Waals surface area contributed by atoms with Gasteiger partial charge in [0.25, 0.3) is 0 Å². The van der Waals surface area contributed by atoms with Crippen molar-refractivity contribution in [2.24, 2.45) is 17.6 Å². The zero-order valence-corrected chi connectivity index (χ0v) is 16.6. The molecule has 7 nitrogen and oxygen atoms in total. The molecular weight excluding hydrogens is 368 g/mol. The third-order valence-electron chi connectivity index (χ3n) is 6.41. The molecule has 1 saturated heterocycles. The van der Waals surface area contributed by atoms with Crippen molar-refractivity contribution in [3.05, 3.63) is 46.3 Å². The summed E-state index contributed by atoms with van der Waals surface area (Å²) in [5.74, 6) is 1.29. The third kappa shape index (κ3) is 3.13. The molecule has 3 heterocycles. The predicted molar refractivity (Wildman–Crippen MR) is 111 cm³/mol. The van der Waals surface area contributed by atoms with Crippen LogP contribution in [0.3, 0.4) is 0 Å². The molecule has 3 aliphatic rings. The number of allylic oxidation sites excluding steroid dienone is 1. The van der Waals surface area contributed by atoms with E-state index in [1.807, 2.05) is 16.7 Å². The lowest BCUT2D eigenvalue weighted by atomic mass is 9.83. The van der Waals surface area contributed by atoms with E-state index in [9.17, 15) is 9.59 Å². The summed E-state index contributed by atoms with van der Waals surface area (Å²) in [6, 6.07) is 4.08. The van der Waals surface area contributed by atoms with E-state index in [4.69, 9.17) is 15.5 Å². The van der Waals surface area contributed by atoms with Crippen molar-refractivity contribution in [1.29, 1.82) is 0 Å². The minimum atomic E-state index is -0.567. The third-order valence-corrected chi connectivity index (χ3v) is 6.41. The van der Waals surface area contributed by atoms with E-state index in [0.29, 0.717) is 22.9 Å². The summed E-state index contributed by atoms with van der Waals surface area (Å²) in [4.78, 5) is 32.4. The van der Waals surface area contributed by atoms with Gasteiger partial charge in [0.1, 0.15) is 17.0 Å². The number of rotatable bonds is 4. The molecule has 0 radical (unpaired) electrons. The molecule has 3 atom stereocenters. The number of nitrogens with zero attached hydrogens (tertiary/aromatic N) is 3. The number of anilines is 1. The van der Waals surface area contributed by atoms with Crippen molar-refractivity contribution >= 4 is 22.8 Å². The van der Waals surface area contributed by atoms with Crippen molar-refractivity contribution < 1.29 is 9.53 Å². The van der Waals surface area contributed by atoms with Crippen LogP contribution < -0.4 is 16.1 Å². The number of aromatic nitrogens is 2. The summed E-state index contributed by atoms with van der Waals surface area (Å²) in [6.07, 6.45) is 9.05. The molecule has 2 N–H and O–H groups in total. The van der Waals surface area contributed by atoms with Crippen LogP contribution in [0.25, 0.3) is 11.0 Å². The maximum Gasteiger partial charge on any atom is 0.343 e. The van der Waals surface area contributed by atoms with Gasteiger partial charge in [0.2, 0.25) is 5.43 Å². The molecule has 0 aromatic carbocycles. The summed E-state index contributed by atoms with van der Waals surface area (Å²) in [5, 5.41) is 0.473. The van der Waals surface area contributed by atoms with Gasteiger partial charge in [-0.1, -0.05) is 12.2 Å². The Kier molecular flexibility index (Phi) is 4.42. The summed E-state index contributed by atoms with van der Waals surface area (Å²) in [5.41, 5.74) is 6.72. The highest BCUT2D eigenvalue weighted by Crippen LogP contribution is 2.38. The van der Waals surface area contributed by atoms with Crippen molar-refractivity contribution in [3.63, 3.8) is 0 Å². The molecule has 3 unspecified atom stereocenters. The SMILES string of the molecule is CCOC(=O)c1cn(C2CC2)c2nc(N3CC4CC=CC(N)C4C3)ccc2c1=O. The fourth-order valence-corrected chi connectivity index (χ4v) is 4.70. The van der Waals surface area contributed by atoms with Crippen molar-refractivity contribution in [2.75, 3.05) is 24.6 Å². The lowest BCUT2D eigenvalue weighted by molar-refractivity contribution is 0.0524. The van der Waals surface area contributed by atoms with E-state index in [0.717, 1.165) is 38.2 Å². The van der Waals surface area contributed by atoms with Crippen LogP contribution in [0, 0.1) is 11.8 Å². The molecule has 7 heteroatoms. The van der Waals surface area contributed by atoms with Gasteiger partial charge in [0, 0.05) is 31.4 Å².